The number of nitrogens with one attached hydrogen (secondary N) is 1. The fourth-order valence-electron chi connectivity index (χ4n) is 2.48. The molecule has 1 aliphatic heterocycles. The maximum Gasteiger partial charge on any atom is 0.239 e. The van der Waals surface area contributed by atoms with Crippen LogP contribution in [0, 0.1) is 0 Å². The van der Waals surface area contributed by atoms with E-state index in [2.05, 4.69) is 5.32 Å². The van der Waals surface area contributed by atoms with Gasteiger partial charge in [0.25, 0.3) is 0 Å². The molecule has 0 bridgehead atoms. The number of halogens is 1. The minimum atomic E-state index is -0.00659. The second-order valence-corrected chi connectivity index (χ2v) is 5.42. The largest absolute Gasteiger partial charge is 0.337 e. The van der Waals surface area contributed by atoms with Crippen molar-refractivity contribution in [3.8, 4) is 0 Å². The second kappa shape index (κ2) is 6.92. The summed E-state index contributed by atoms with van der Waals surface area (Å²) in [6, 6.07) is 7.70. The van der Waals surface area contributed by atoms with Crippen LogP contribution in [0.1, 0.15) is 31.7 Å². The van der Waals surface area contributed by atoms with E-state index < -0.39 is 0 Å². The molecule has 1 amide bonds. The summed E-state index contributed by atoms with van der Waals surface area (Å²) in [5.41, 5.74) is 1.08. The Labute approximate surface area is 119 Å². The number of piperidine rings is 1. The molecule has 3 nitrogen and oxygen atoms in total. The normalized spacial score (nSPS) is 19.2. The topological polar surface area (TPSA) is 32.3 Å². The fourth-order valence-corrected chi connectivity index (χ4v) is 2.70. The average molecular weight is 281 g/mol. The van der Waals surface area contributed by atoms with Gasteiger partial charge in [0.1, 0.15) is 0 Å². The van der Waals surface area contributed by atoms with Crippen LogP contribution in [-0.2, 0) is 11.3 Å². The summed E-state index contributed by atoms with van der Waals surface area (Å²) < 4.78 is 0. The third-order valence-corrected chi connectivity index (χ3v) is 3.80. The number of nitrogens with zero attached hydrogens (tertiary/aromatic N) is 1. The lowest BCUT2D eigenvalue weighted by molar-refractivity contribution is -0.134. The van der Waals surface area contributed by atoms with Crippen LogP contribution in [0.25, 0.3) is 0 Å². The zero-order valence-corrected chi connectivity index (χ0v) is 12.1. The molecule has 1 aromatic rings. The molecule has 0 aliphatic carbocycles. The molecule has 0 spiro atoms. The molecular formula is C15H21ClN2O. The second-order valence-electron chi connectivity index (χ2n) is 4.98. The summed E-state index contributed by atoms with van der Waals surface area (Å²) >= 11 is 5.98. The molecule has 1 heterocycles. The lowest BCUT2D eigenvalue weighted by Gasteiger charge is -2.29. The highest BCUT2D eigenvalue weighted by Crippen LogP contribution is 2.15. The Bertz CT molecular complexity index is 430. The molecule has 0 saturated carbocycles. The van der Waals surface area contributed by atoms with Crippen molar-refractivity contribution < 1.29 is 4.79 Å². The summed E-state index contributed by atoms with van der Waals surface area (Å²) in [4.78, 5) is 14.3. The van der Waals surface area contributed by atoms with E-state index in [9.17, 15) is 4.79 Å². The van der Waals surface area contributed by atoms with Gasteiger partial charge in [-0.05, 0) is 44.0 Å². The van der Waals surface area contributed by atoms with Gasteiger partial charge in [-0.15, -0.1) is 0 Å². The molecular weight excluding hydrogens is 260 g/mol. The van der Waals surface area contributed by atoms with Crippen molar-refractivity contribution in [3.05, 3.63) is 34.9 Å². The molecule has 1 aromatic carbocycles. The van der Waals surface area contributed by atoms with Crippen molar-refractivity contribution in [2.24, 2.45) is 0 Å². The van der Waals surface area contributed by atoms with Crippen LogP contribution >= 0.6 is 11.6 Å². The minimum Gasteiger partial charge on any atom is -0.337 e. The number of hydrogen-bond donors (Lipinski definition) is 1. The minimum absolute atomic E-state index is 0.00659. The Hall–Kier alpha value is -1.06. The first-order chi connectivity index (χ1) is 9.20. The van der Waals surface area contributed by atoms with Gasteiger partial charge in [0, 0.05) is 18.1 Å². The molecule has 1 saturated heterocycles. The molecule has 4 heteroatoms. The van der Waals surface area contributed by atoms with Gasteiger partial charge in [0.15, 0.2) is 0 Å². The number of carbonyl (C=O) groups excluding carboxylic acids is 1. The van der Waals surface area contributed by atoms with Crippen LogP contribution in [0.5, 0.6) is 0 Å². The van der Waals surface area contributed by atoms with E-state index in [4.69, 9.17) is 11.6 Å². The van der Waals surface area contributed by atoms with Crippen molar-refractivity contribution in [1.82, 2.24) is 10.2 Å². The van der Waals surface area contributed by atoms with Crippen molar-refractivity contribution in [1.29, 1.82) is 0 Å². The Kier molecular flexibility index (Phi) is 5.23. The summed E-state index contributed by atoms with van der Waals surface area (Å²) in [6.07, 6.45) is 3.26. The third kappa shape index (κ3) is 3.95. The molecule has 104 valence electrons. The Morgan fingerprint density at radius 2 is 2.32 bits per heavy atom. The Morgan fingerprint density at radius 1 is 1.47 bits per heavy atom. The fraction of sp³-hybridized carbons (Fsp3) is 0.533. The quantitative estimate of drug-likeness (QED) is 0.920. The van der Waals surface area contributed by atoms with E-state index in [-0.39, 0.29) is 11.9 Å². The molecule has 2 rings (SSSR count). The SMILES string of the molecule is CCN(Cc1cccc(Cl)c1)C(=O)C1CCCCN1. The monoisotopic (exact) mass is 280 g/mol. The summed E-state index contributed by atoms with van der Waals surface area (Å²) in [6.45, 7) is 4.33. The number of carbonyl (C=O) groups is 1. The van der Waals surface area contributed by atoms with E-state index in [0.29, 0.717) is 6.54 Å². The molecule has 1 N–H and O–H groups in total. The maximum absolute atomic E-state index is 12.4. The van der Waals surface area contributed by atoms with E-state index in [0.717, 1.165) is 36.5 Å². The van der Waals surface area contributed by atoms with Gasteiger partial charge in [-0.1, -0.05) is 30.2 Å². The van der Waals surface area contributed by atoms with Crippen LogP contribution in [0.2, 0.25) is 5.02 Å². The summed E-state index contributed by atoms with van der Waals surface area (Å²) in [5, 5.41) is 4.03. The average Bonchev–Trinajstić information content (AvgIpc) is 2.45. The van der Waals surface area contributed by atoms with Crippen molar-refractivity contribution >= 4 is 17.5 Å². The smallest absolute Gasteiger partial charge is 0.239 e. The standard InChI is InChI=1S/C15H21ClN2O/c1-2-18(11-12-6-5-7-13(16)10-12)15(19)14-8-3-4-9-17-14/h5-7,10,14,17H,2-4,8-9,11H2,1H3. The highest BCUT2D eigenvalue weighted by molar-refractivity contribution is 6.30. The number of benzene rings is 1. The zero-order valence-electron chi connectivity index (χ0n) is 11.4. The van der Waals surface area contributed by atoms with E-state index in [1.54, 1.807) is 0 Å². The highest BCUT2D eigenvalue weighted by Gasteiger charge is 2.24. The zero-order chi connectivity index (χ0) is 13.7. The Morgan fingerprint density at radius 3 is 2.95 bits per heavy atom. The molecule has 1 unspecified atom stereocenters. The molecule has 19 heavy (non-hydrogen) atoms. The van der Waals surface area contributed by atoms with Crippen LogP contribution in [0.3, 0.4) is 0 Å². The van der Waals surface area contributed by atoms with Gasteiger partial charge < -0.3 is 10.2 Å². The number of likely N-dealkylation sites (N-methyl/N-ethyl adjacent to an activating group) is 1. The van der Waals surface area contributed by atoms with Crippen molar-refractivity contribution in [3.63, 3.8) is 0 Å². The van der Waals surface area contributed by atoms with Crippen LogP contribution in [0.4, 0.5) is 0 Å². The highest BCUT2D eigenvalue weighted by atomic mass is 35.5. The third-order valence-electron chi connectivity index (χ3n) is 3.56. The first-order valence-electron chi connectivity index (χ1n) is 6.97. The van der Waals surface area contributed by atoms with Crippen molar-refractivity contribution in [2.45, 2.75) is 38.8 Å². The van der Waals surface area contributed by atoms with E-state index >= 15 is 0 Å². The van der Waals surface area contributed by atoms with Crippen LogP contribution < -0.4 is 5.32 Å². The van der Waals surface area contributed by atoms with Crippen molar-refractivity contribution in [2.75, 3.05) is 13.1 Å². The number of rotatable bonds is 4. The lowest BCUT2D eigenvalue weighted by Crippen LogP contribution is -2.48. The molecule has 1 fully saturated rings. The Balaban J connectivity index is 2.00. The summed E-state index contributed by atoms with van der Waals surface area (Å²) in [5.74, 6) is 0.210. The first-order valence-corrected chi connectivity index (χ1v) is 7.35. The summed E-state index contributed by atoms with van der Waals surface area (Å²) in [7, 11) is 0. The predicted molar refractivity (Wildman–Crippen MR) is 78.2 cm³/mol. The maximum atomic E-state index is 12.4. The number of amides is 1. The van der Waals surface area contributed by atoms with Gasteiger partial charge >= 0.3 is 0 Å². The van der Waals surface area contributed by atoms with Gasteiger partial charge in [0.05, 0.1) is 6.04 Å². The molecule has 1 aliphatic rings. The van der Waals surface area contributed by atoms with E-state index in [1.165, 1.54) is 6.42 Å². The number of hydrogen-bond acceptors (Lipinski definition) is 2. The molecule has 0 aromatic heterocycles. The lowest BCUT2D eigenvalue weighted by atomic mass is 10.0. The van der Waals surface area contributed by atoms with Gasteiger partial charge in [0.2, 0.25) is 5.91 Å². The predicted octanol–water partition coefficient (Wildman–Crippen LogP) is 2.83. The van der Waals surface area contributed by atoms with E-state index in [1.807, 2.05) is 36.1 Å². The first kappa shape index (κ1) is 14.4. The van der Waals surface area contributed by atoms with Gasteiger partial charge in [-0.2, -0.15) is 0 Å². The van der Waals surface area contributed by atoms with Crippen LogP contribution in [-0.4, -0.2) is 29.9 Å². The molecule has 1 atom stereocenters. The van der Waals surface area contributed by atoms with Gasteiger partial charge in [-0.25, -0.2) is 0 Å². The van der Waals surface area contributed by atoms with Gasteiger partial charge in [-0.3, -0.25) is 4.79 Å². The van der Waals surface area contributed by atoms with Crippen LogP contribution in [0.15, 0.2) is 24.3 Å². The molecule has 0 radical (unpaired) electrons.